The Bertz CT molecular complexity index is 735. The molecule has 1 aromatic carbocycles. The Hall–Kier alpha value is -2.35. The molecule has 2 aromatic rings. The highest BCUT2D eigenvalue weighted by Gasteiger charge is 2.17. The number of aromatic amines is 1. The number of carbonyl (C=O) groups excluding carboxylic acids is 1. The maximum atomic E-state index is 12.1. The van der Waals surface area contributed by atoms with Gasteiger partial charge in [0.15, 0.2) is 5.03 Å². The fraction of sp³-hybridized carbons (Fsp3) is 0.231. The molecule has 0 radical (unpaired) electrons. The first-order chi connectivity index (χ1) is 9.90. The molecule has 0 unspecified atom stereocenters. The number of aryl methyl sites for hydroxylation is 1. The summed E-state index contributed by atoms with van der Waals surface area (Å²) in [5.41, 5.74) is 0.997. The van der Waals surface area contributed by atoms with Gasteiger partial charge in [-0.3, -0.25) is 9.52 Å². The van der Waals surface area contributed by atoms with Crippen LogP contribution in [-0.4, -0.2) is 24.3 Å². The lowest BCUT2D eigenvalue weighted by molar-refractivity contribution is -0.114. The van der Waals surface area contributed by atoms with Crippen LogP contribution in [0, 0.1) is 0 Å². The molecule has 1 amide bonds. The second-order valence-corrected chi connectivity index (χ2v) is 6.06. The van der Waals surface area contributed by atoms with Crippen LogP contribution in [0.25, 0.3) is 0 Å². The van der Waals surface area contributed by atoms with Gasteiger partial charge in [-0.25, -0.2) is 4.98 Å². The number of rotatable bonds is 5. The monoisotopic (exact) mass is 308 g/mol. The molecule has 3 N–H and O–H groups in total. The van der Waals surface area contributed by atoms with E-state index in [0.29, 0.717) is 23.6 Å². The molecule has 0 saturated heterocycles. The zero-order valence-corrected chi connectivity index (χ0v) is 12.5. The number of carbonyl (C=O) groups is 1. The molecule has 0 spiro atoms. The van der Waals surface area contributed by atoms with Gasteiger partial charge in [0, 0.05) is 24.7 Å². The largest absolute Gasteiger partial charge is 0.332 e. The van der Waals surface area contributed by atoms with Crippen LogP contribution in [0.3, 0.4) is 0 Å². The SMILES string of the molecule is CCc1ncc(S(=O)(=O)Nc2ccc(NC(C)=O)cc2)[nH]1. The Kier molecular flexibility index (Phi) is 4.27. The summed E-state index contributed by atoms with van der Waals surface area (Å²) in [4.78, 5) is 17.6. The van der Waals surface area contributed by atoms with E-state index in [-0.39, 0.29) is 10.9 Å². The first-order valence-electron chi connectivity index (χ1n) is 6.35. The van der Waals surface area contributed by atoms with Crippen LogP contribution < -0.4 is 10.0 Å². The molecule has 0 aliphatic rings. The van der Waals surface area contributed by atoms with Crippen molar-refractivity contribution in [2.75, 3.05) is 10.0 Å². The Balaban J connectivity index is 2.14. The summed E-state index contributed by atoms with van der Waals surface area (Å²) < 4.78 is 26.7. The Morgan fingerprint density at radius 2 is 1.86 bits per heavy atom. The molecule has 21 heavy (non-hydrogen) atoms. The van der Waals surface area contributed by atoms with Crippen molar-refractivity contribution in [2.45, 2.75) is 25.3 Å². The summed E-state index contributed by atoms with van der Waals surface area (Å²) >= 11 is 0. The highest BCUT2D eigenvalue weighted by atomic mass is 32.2. The Morgan fingerprint density at radius 1 is 1.24 bits per heavy atom. The van der Waals surface area contributed by atoms with Gasteiger partial charge < -0.3 is 10.3 Å². The zero-order chi connectivity index (χ0) is 15.5. The topological polar surface area (TPSA) is 104 Å². The van der Waals surface area contributed by atoms with Crippen LogP contribution in [0.5, 0.6) is 0 Å². The minimum atomic E-state index is -3.69. The van der Waals surface area contributed by atoms with Crippen LogP contribution in [0.15, 0.2) is 35.5 Å². The third-order valence-electron chi connectivity index (χ3n) is 2.69. The number of amides is 1. The van der Waals surface area contributed by atoms with Gasteiger partial charge in [-0.15, -0.1) is 0 Å². The van der Waals surface area contributed by atoms with E-state index < -0.39 is 10.0 Å². The first kappa shape index (κ1) is 15.0. The zero-order valence-electron chi connectivity index (χ0n) is 11.7. The summed E-state index contributed by atoms with van der Waals surface area (Å²) in [5, 5.41) is 2.62. The van der Waals surface area contributed by atoms with Gasteiger partial charge in [0.1, 0.15) is 5.82 Å². The van der Waals surface area contributed by atoms with Crippen molar-refractivity contribution in [3.8, 4) is 0 Å². The third-order valence-corrected chi connectivity index (χ3v) is 3.98. The van der Waals surface area contributed by atoms with E-state index in [1.165, 1.54) is 13.1 Å². The number of hydrogen-bond acceptors (Lipinski definition) is 4. The molecular weight excluding hydrogens is 292 g/mol. The van der Waals surface area contributed by atoms with E-state index in [1.807, 2.05) is 6.92 Å². The second kappa shape index (κ2) is 5.96. The quantitative estimate of drug-likeness (QED) is 0.782. The van der Waals surface area contributed by atoms with Gasteiger partial charge in [0.05, 0.1) is 6.20 Å². The summed E-state index contributed by atoms with van der Waals surface area (Å²) in [6, 6.07) is 6.37. The fourth-order valence-electron chi connectivity index (χ4n) is 1.69. The van der Waals surface area contributed by atoms with Gasteiger partial charge in [-0.1, -0.05) is 6.92 Å². The molecule has 2 rings (SSSR count). The van der Waals surface area contributed by atoms with E-state index in [1.54, 1.807) is 24.3 Å². The molecule has 7 nitrogen and oxygen atoms in total. The molecular formula is C13H16N4O3S. The fourth-order valence-corrected chi connectivity index (χ4v) is 2.69. The van der Waals surface area contributed by atoms with Crippen molar-refractivity contribution in [3.05, 3.63) is 36.3 Å². The van der Waals surface area contributed by atoms with E-state index in [4.69, 9.17) is 0 Å². The van der Waals surface area contributed by atoms with Crippen molar-refractivity contribution < 1.29 is 13.2 Å². The lowest BCUT2D eigenvalue weighted by atomic mass is 10.3. The number of benzene rings is 1. The standard InChI is InChI=1S/C13H16N4O3S/c1-3-12-14-8-13(16-12)21(19,20)17-11-6-4-10(5-7-11)15-9(2)18/h4-8,17H,3H2,1-2H3,(H,14,16)(H,15,18). The molecule has 112 valence electrons. The van der Waals surface area contributed by atoms with E-state index in [0.717, 1.165) is 0 Å². The predicted octanol–water partition coefficient (Wildman–Crippen LogP) is 1.73. The van der Waals surface area contributed by atoms with E-state index in [9.17, 15) is 13.2 Å². The molecule has 8 heteroatoms. The van der Waals surface area contributed by atoms with E-state index >= 15 is 0 Å². The highest BCUT2D eigenvalue weighted by molar-refractivity contribution is 7.92. The summed E-state index contributed by atoms with van der Waals surface area (Å²) in [7, 11) is -3.69. The summed E-state index contributed by atoms with van der Waals surface area (Å²) in [6.45, 7) is 3.28. The highest BCUT2D eigenvalue weighted by Crippen LogP contribution is 2.17. The number of H-pyrrole nitrogens is 1. The van der Waals surface area contributed by atoms with Gasteiger partial charge >= 0.3 is 0 Å². The lowest BCUT2D eigenvalue weighted by Gasteiger charge is -2.07. The first-order valence-corrected chi connectivity index (χ1v) is 7.83. The second-order valence-electron chi connectivity index (χ2n) is 4.41. The smallest absolute Gasteiger partial charge is 0.278 e. The third kappa shape index (κ3) is 3.82. The van der Waals surface area contributed by atoms with Crippen molar-refractivity contribution in [2.24, 2.45) is 0 Å². The molecule has 1 heterocycles. The maximum absolute atomic E-state index is 12.1. The van der Waals surface area contributed by atoms with Crippen molar-refractivity contribution >= 4 is 27.3 Å². The number of nitrogens with one attached hydrogen (secondary N) is 3. The summed E-state index contributed by atoms with van der Waals surface area (Å²) in [5.74, 6) is 0.421. The number of imidazole rings is 1. The molecule has 0 aliphatic heterocycles. The number of aromatic nitrogens is 2. The van der Waals surface area contributed by atoms with Crippen LogP contribution in [0.2, 0.25) is 0 Å². The lowest BCUT2D eigenvalue weighted by Crippen LogP contribution is -2.13. The molecule has 0 atom stereocenters. The molecule has 1 aromatic heterocycles. The number of hydrogen-bond donors (Lipinski definition) is 3. The maximum Gasteiger partial charge on any atom is 0.278 e. The van der Waals surface area contributed by atoms with E-state index in [2.05, 4.69) is 20.0 Å². The number of nitrogens with zero attached hydrogens (tertiary/aromatic N) is 1. The number of anilines is 2. The van der Waals surface area contributed by atoms with Gasteiger partial charge in [-0.05, 0) is 24.3 Å². The summed E-state index contributed by atoms with van der Waals surface area (Å²) in [6.07, 6.45) is 1.91. The minimum Gasteiger partial charge on any atom is -0.332 e. The van der Waals surface area contributed by atoms with Crippen molar-refractivity contribution in [3.63, 3.8) is 0 Å². The van der Waals surface area contributed by atoms with Gasteiger partial charge in [0.2, 0.25) is 5.91 Å². The van der Waals surface area contributed by atoms with Crippen LogP contribution in [0.1, 0.15) is 19.7 Å². The molecule has 0 bridgehead atoms. The average molecular weight is 308 g/mol. The predicted molar refractivity (Wildman–Crippen MR) is 79.5 cm³/mol. The van der Waals surface area contributed by atoms with Gasteiger partial charge in [-0.2, -0.15) is 8.42 Å². The Labute approximate surface area is 122 Å². The van der Waals surface area contributed by atoms with Crippen molar-refractivity contribution in [1.82, 2.24) is 9.97 Å². The molecule has 0 aliphatic carbocycles. The van der Waals surface area contributed by atoms with Crippen LogP contribution in [-0.2, 0) is 21.2 Å². The molecule has 0 saturated carbocycles. The van der Waals surface area contributed by atoms with Crippen LogP contribution >= 0.6 is 0 Å². The Morgan fingerprint density at radius 3 is 2.38 bits per heavy atom. The minimum absolute atomic E-state index is 0.0188. The molecule has 0 fully saturated rings. The average Bonchev–Trinajstić information content (AvgIpc) is 2.90. The van der Waals surface area contributed by atoms with Gasteiger partial charge in [0.25, 0.3) is 10.0 Å². The van der Waals surface area contributed by atoms with Crippen LogP contribution in [0.4, 0.5) is 11.4 Å². The normalized spacial score (nSPS) is 11.1. The number of sulfonamides is 1. The van der Waals surface area contributed by atoms with Crippen molar-refractivity contribution in [1.29, 1.82) is 0 Å².